The molecule has 138 valence electrons. The van der Waals surface area contributed by atoms with Crippen molar-refractivity contribution in [1.82, 2.24) is 15.1 Å². The minimum absolute atomic E-state index is 0.282. The molecule has 0 aliphatic heterocycles. The van der Waals surface area contributed by atoms with Crippen molar-refractivity contribution in [3.05, 3.63) is 71.9 Å². The van der Waals surface area contributed by atoms with Crippen LogP contribution in [0.1, 0.15) is 11.3 Å². The largest absolute Gasteiger partial charge is 0.451 e. The van der Waals surface area contributed by atoms with Crippen molar-refractivity contribution in [2.24, 2.45) is 0 Å². The molecule has 5 aromatic rings. The molecule has 0 unspecified atom stereocenters. The topological polar surface area (TPSA) is 65.0 Å². The second-order valence-corrected chi connectivity index (χ2v) is 7.30. The van der Waals surface area contributed by atoms with E-state index in [1.807, 2.05) is 31.2 Å². The van der Waals surface area contributed by atoms with Gasteiger partial charge in [-0.15, -0.1) is 0 Å². The molecule has 0 bridgehead atoms. The minimum atomic E-state index is -0.282. The highest BCUT2D eigenvalue weighted by atomic mass is 32.2. The van der Waals surface area contributed by atoms with Crippen LogP contribution in [-0.2, 0) is 5.75 Å². The lowest BCUT2D eigenvalue weighted by Crippen LogP contribution is -1.88. The minimum Gasteiger partial charge on any atom is -0.451 e. The van der Waals surface area contributed by atoms with Gasteiger partial charge in [-0.05, 0) is 43.3 Å². The Hall–Kier alpha value is -3.19. The number of aromatic nitrogens is 3. The number of benzene rings is 2. The molecule has 0 fully saturated rings. The van der Waals surface area contributed by atoms with E-state index in [1.54, 1.807) is 18.5 Å². The average Bonchev–Trinajstić information content (AvgIpc) is 3.28. The summed E-state index contributed by atoms with van der Waals surface area (Å²) in [5.41, 5.74) is 4.80. The molecule has 5 nitrogen and oxygen atoms in total. The maximum absolute atomic E-state index is 13.2. The fraction of sp³-hybridized carbons (Fsp3) is 0.0952. The summed E-state index contributed by atoms with van der Waals surface area (Å²) in [6.07, 6.45) is 1.55. The Bertz CT molecular complexity index is 1290. The molecule has 0 saturated heterocycles. The number of furan rings is 1. The fourth-order valence-electron chi connectivity index (χ4n) is 3.12. The molecule has 2 aromatic carbocycles. The first-order valence-electron chi connectivity index (χ1n) is 8.67. The lowest BCUT2D eigenvalue weighted by Gasteiger charge is -2.00. The number of hydrogen-bond acceptors (Lipinski definition) is 6. The highest BCUT2D eigenvalue weighted by Gasteiger charge is 2.17. The summed E-state index contributed by atoms with van der Waals surface area (Å²) in [4.78, 5) is 8.75. The van der Waals surface area contributed by atoms with E-state index in [-0.39, 0.29) is 5.82 Å². The molecule has 0 aliphatic carbocycles. The number of rotatable bonds is 4. The van der Waals surface area contributed by atoms with E-state index >= 15 is 0 Å². The zero-order valence-corrected chi connectivity index (χ0v) is 15.7. The number of nitrogens with zero attached hydrogens (tertiary/aromatic N) is 3. The van der Waals surface area contributed by atoms with E-state index in [9.17, 15) is 4.39 Å². The van der Waals surface area contributed by atoms with E-state index in [1.165, 1.54) is 23.9 Å². The third-order valence-corrected chi connectivity index (χ3v) is 5.58. The predicted octanol–water partition coefficient (Wildman–Crippen LogP) is 5.77. The van der Waals surface area contributed by atoms with Crippen molar-refractivity contribution in [2.45, 2.75) is 17.7 Å². The molecule has 28 heavy (non-hydrogen) atoms. The molecule has 0 N–H and O–H groups in total. The average molecular weight is 391 g/mol. The zero-order valence-electron chi connectivity index (χ0n) is 14.8. The van der Waals surface area contributed by atoms with Gasteiger partial charge in [0.1, 0.15) is 28.3 Å². The van der Waals surface area contributed by atoms with Crippen LogP contribution in [0.4, 0.5) is 4.39 Å². The summed E-state index contributed by atoms with van der Waals surface area (Å²) in [6, 6.07) is 14.0. The Morgan fingerprint density at radius 2 is 1.86 bits per heavy atom. The molecule has 0 aliphatic rings. The first-order chi connectivity index (χ1) is 13.7. The van der Waals surface area contributed by atoms with Crippen LogP contribution in [0.25, 0.3) is 33.4 Å². The van der Waals surface area contributed by atoms with Gasteiger partial charge in [-0.1, -0.05) is 29.1 Å². The molecule has 0 radical (unpaired) electrons. The summed E-state index contributed by atoms with van der Waals surface area (Å²) < 4.78 is 24.6. The third kappa shape index (κ3) is 2.84. The molecule has 7 heteroatoms. The van der Waals surface area contributed by atoms with Crippen molar-refractivity contribution in [1.29, 1.82) is 0 Å². The van der Waals surface area contributed by atoms with Crippen LogP contribution >= 0.6 is 11.8 Å². The van der Waals surface area contributed by atoms with Crippen LogP contribution in [-0.4, -0.2) is 15.1 Å². The van der Waals surface area contributed by atoms with E-state index in [0.717, 1.165) is 38.3 Å². The normalized spacial score (nSPS) is 11.5. The highest BCUT2D eigenvalue weighted by molar-refractivity contribution is 7.98. The number of fused-ring (bicyclic) bond motifs is 3. The molecular formula is C21H14FN3O2S. The van der Waals surface area contributed by atoms with Crippen molar-refractivity contribution in [3.63, 3.8) is 0 Å². The van der Waals surface area contributed by atoms with Gasteiger partial charge in [0, 0.05) is 22.3 Å². The maximum Gasteiger partial charge on any atom is 0.186 e. The van der Waals surface area contributed by atoms with Crippen LogP contribution < -0.4 is 0 Å². The molecule has 0 spiro atoms. The van der Waals surface area contributed by atoms with Gasteiger partial charge in [-0.25, -0.2) is 14.4 Å². The summed E-state index contributed by atoms with van der Waals surface area (Å²) in [5, 5.41) is 5.92. The van der Waals surface area contributed by atoms with E-state index < -0.39 is 0 Å². The van der Waals surface area contributed by atoms with Gasteiger partial charge in [-0.3, -0.25) is 0 Å². The third-order valence-electron chi connectivity index (χ3n) is 4.60. The van der Waals surface area contributed by atoms with Crippen LogP contribution in [0, 0.1) is 12.7 Å². The highest BCUT2D eigenvalue weighted by Crippen LogP contribution is 2.35. The summed E-state index contributed by atoms with van der Waals surface area (Å²) in [6.45, 7) is 1.95. The van der Waals surface area contributed by atoms with Crippen molar-refractivity contribution in [2.75, 3.05) is 0 Å². The number of para-hydroxylation sites is 1. The fourth-order valence-corrected chi connectivity index (χ4v) is 4.05. The van der Waals surface area contributed by atoms with E-state index in [2.05, 4.69) is 15.1 Å². The number of thioether (sulfide) groups is 1. The van der Waals surface area contributed by atoms with E-state index in [0.29, 0.717) is 17.1 Å². The van der Waals surface area contributed by atoms with Gasteiger partial charge in [0.15, 0.2) is 11.3 Å². The summed E-state index contributed by atoms with van der Waals surface area (Å²) in [5.74, 6) is 0.933. The zero-order chi connectivity index (χ0) is 19.1. The molecular weight excluding hydrogens is 377 g/mol. The second-order valence-electron chi connectivity index (χ2n) is 6.33. The first-order valence-corrected chi connectivity index (χ1v) is 9.65. The van der Waals surface area contributed by atoms with Gasteiger partial charge in [0.2, 0.25) is 0 Å². The van der Waals surface area contributed by atoms with Crippen molar-refractivity contribution < 1.29 is 13.3 Å². The SMILES string of the molecule is Cc1c(CSc2ncnc3c2oc2ccccc23)noc1-c1ccc(F)cc1. The van der Waals surface area contributed by atoms with Gasteiger partial charge < -0.3 is 8.94 Å². The van der Waals surface area contributed by atoms with Gasteiger partial charge in [-0.2, -0.15) is 0 Å². The first kappa shape index (κ1) is 16.9. The van der Waals surface area contributed by atoms with E-state index in [4.69, 9.17) is 8.94 Å². The Morgan fingerprint density at radius 3 is 2.71 bits per heavy atom. The van der Waals surface area contributed by atoms with Crippen LogP contribution in [0.2, 0.25) is 0 Å². The molecule has 0 atom stereocenters. The van der Waals surface area contributed by atoms with Gasteiger partial charge in [0.05, 0.1) is 5.69 Å². The van der Waals surface area contributed by atoms with Gasteiger partial charge >= 0.3 is 0 Å². The lowest BCUT2D eigenvalue weighted by atomic mass is 10.1. The number of halogens is 1. The summed E-state index contributed by atoms with van der Waals surface area (Å²) >= 11 is 1.52. The second kappa shape index (κ2) is 6.76. The molecule has 3 heterocycles. The maximum atomic E-state index is 13.2. The van der Waals surface area contributed by atoms with Gasteiger partial charge in [0.25, 0.3) is 0 Å². The summed E-state index contributed by atoms with van der Waals surface area (Å²) in [7, 11) is 0. The number of hydrogen-bond donors (Lipinski definition) is 0. The standard InChI is InChI=1S/C21H14FN3O2S/c1-12-16(25-27-19(12)13-6-8-14(22)9-7-13)10-28-21-20-18(23-11-24-21)15-4-2-3-5-17(15)26-20/h2-9,11H,10H2,1H3. The van der Waals surface area contributed by atoms with Crippen LogP contribution in [0.5, 0.6) is 0 Å². The van der Waals surface area contributed by atoms with Crippen molar-refractivity contribution >= 4 is 33.8 Å². The smallest absolute Gasteiger partial charge is 0.186 e. The monoisotopic (exact) mass is 391 g/mol. The molecule has 3 aromatic heterocycles. The Morgan fingerprint density at radius 1 is 1.04 bits per heavy atom. The Balaban J connectivity index is 1.45. The van der Waals surface area contributed by atoms with Crippen LogP contribution in [0.15, 0.2) is 68.8 Å². The van der Waals surface area contributed by atoms with Crippen LogP contribution in [0.3, 0.4) is 0 Å². The Kier molecular flexibility index (Phi) is 4.09. The quantitative estimate of drug-likeness (QED) is 0.286. The Labute approximate surface area is 163 Å². The lowest BCUT2D eigenvalue weighted by molar-refractivity contribution is 0.426. The molecule has 0 saturated carbocycles. The van der Waals surface area contributed by atoms with Crippen molar-refractivity contribution in [3.8, 4) is 11.3 Å². The molecule has 0 amide bonds. The predicted molar refractivity (Wildman–Crippen MR) is 106 cm³/mol. The molecule has 5 rings (SSSR count).